The molecule has 100 valence electrons. The van der Waals surface area contributed by atoms with E-state index < -0.39 is 0 Å². The maximum atomic E-state index is 5.64. The number of methoxy groups -OCH3 is 1. The summed E-state index contributed by atoms with van der Waals surface area (Å²) >= 11 is 1.63. The second-order valence-electron chi connectivity index (χ2n) is 4.75. The van der Waals surface area contributed by atoms with Crippen molar-refractivity contribution in [3.8, 4) is 0 Å². The molecule has 18 heavy (non-hydrogen) atoms. The van der Waals surface area contributed by atoms with E-state index in [-0.39, 0.29) is 12.1 Å². The van der Waals surface area contributed by atoms with Crippen LogP contribution in [-0.4, -0.2) is 28.6 Å². The monoisotopic (exact) mass is 268 g/mol. The molecule has 0 fully saturated rings. The number of aromatic nitrogens is 2. The van der Waals surface area contributed by atoms with Gasteiger partial charge in [-0.3, -0.25) is 15.7 Å². The van der Waals surface area contributed by atoms with E-state index in [1.165, 1.54) is 0 Å². The fraction of sp³-hybridized carbons (Fsp3) is 0.583. The van der Waals surface area contributed by atoms with Gasteiger partial charge in [-0.15, -0.1) is 11.3 Å². The van der Waals surface area contributed by atoms with Gasteiger partial charge in [-0.05, 0) is 5.92 Å². The van der Waals surface area contributed by atoms with E-state index in [1.807, 2.05) is 22.2 Å². The molecule has 0 saturated carbocycles. The fourth-order valence-corrected chi connectivity index (χ4v) is 2.99. The van der Waals surface area contributed by atoms with Crippen molar-refractivity contribution in [2.75, 3.05) is 7.11 Å². The highest BCUT2D eigenvalue weighted by Gasteiger charge is 2.24. The molecular weight excluding hydrogens is 248 g/mol. The Morgan fingerprint density at radius 3 is 2.89 bits per heavy atom. The van der Waals surface area contributed by atoms with E-state index in [2.05, 4.69) is 24.3 Å². The van der Waals surface area contributed by atoms with Crippen molar-refractivity contribution < 1.29 is 4.74 Å². The summed E-state index contributed by atoms with van der Waals surface area (Å²) in [6, 6.07) is 0.0691. The number of ether oxygens (including phenoxy) is 1. The number of nitrogens with two attached hydrogens (primary N) is 1. The zero-order chi connectivity index (χ0) is 13.1. The van der Waals surface area contributed by atoms with Crippen LogP contribution < -0.4 is 11.3 Å². The minimum Gasteiger partial charge on any atom is -0.380 e. The second-order valence-corrected chi connectivity index (χ2v) is 5.62. The highest BCUT2D eigenvalue weighted by molar-refractivity contribution is 7.15. The van der Waals surface area contributed by atoms with Gasteiger partial charge in [0.25, 0.3) is 0 Å². The van der Waals surface area contributed by atoms with Gasteiger partial charge < -0.3 is 4.74 Å². The first-order chi connectivity index (χ1) is 8.65. The summed E-state index contributed by atoms with van der Waals surface area (Å²) in [5.74, 6) is 6.05. The van der Waals surface area contributed by atoms with Crippen molar-refractivity contribution in [2.24, 2.45) is 11.8 Å². The molecule has 0 bridgehead atoms. The Balaban J connectivity index is 2.12. The molecule has 2 rings (SSSR count). The molecule has 0 aromatic carbocycles. The molecule has 0 aliphatic rings. The van der Waals surface area contributed by atoms with Gasteiger partial charge in [-0.2, -0.15) is 0 Å². The normalized spacial score (nSPS) is 15.4. The van der Waals surface area contributed by atoms with Gasteiger partial charge >= 0.3 is 0 Å². The average molecular weight is 268 g/mol. The minimum atomic E-state index is 0.0691. The topological polar surface area (TPSA) is 64.6 Å². The highest BCUT2D eigenvalue weighted by Crippen LogP contribution is 2.16. The molecule has 2 atom stereocenters. The van der Waals surface area contributed by atoms with Crippen LogP contribution in [0.1, 0.15) is 19.5 Å². The Bertz CT molecular complexity index is 464. The average Bonchev–Trinajstić information content (AvgIpc) is 2.88. The summed E-state index contributed by atoms with van der Waals surface area (Å²) < 4.78 is 7.55. The van der Waals surface area contributed by atoms with Gasteiger partial charge in [0.15, 0.2) is 4.96 Å². The fourth-order valence-electron chi connectivity index (χ4n) is 2.27. The first kappa shape index (κ1) is 13.5. The molecule has 2 unspecified atom stereocenters. The van der Waals surface area contributed by atoms with Gasteiger partial charge in [0.05, 0.1) is 17.8 Å². The van der Waals surface area contributed by atoms with Crippen LogP contribution >= 0.6 is 11.3 Å². The molecule has 0 saturated heterocycles. The molecule has 0 aliphatic carbocycles. The maximum Gasteiger partial charge on any atom is 0.193 e. The Labute approximate surface area is 111 Å². The first-order valence-corrected chi connectivity index (χ1v) is 6.93. The predicted octanol–water partition coefficient (Wildman–Crippen LogP) is 1.44. The lowest BCUT2D eigenvalue weighted by Crippen LogP contribution is -2.48. The van der Waals surface area contributed by atoms with Gasteiger partial charge in [0.1, 0.15) is 0 Å². The lowest BCUT2D eigenvalue weighted by atomic mass is 9.96. The summed E-state index contributed by atoms with van der Waals surface area (Å²) in [6.45, 7) is 4.26. The molecule has 2 aromatic heterocycles. The summed E-state index contributed by atoms with van der Waals surface area (Å²) in [6.07, 6.45) is 4.90. The summed E-state index contributed by atoms with van der Waals surface area (Å²) in [5, 5.41) is 2.02. The number of imidazole rings is 1. The molecule has 0 spiro atoms. The van der Waals surface area contributed by atoms with E-state index in [4.69, 9.17) is 10.6 Å². The number of hydrazine groups is 1. The molecule has 2 heterocycles. The van der Waals surface area contributed by atoms with Crippen molar-refractivity contribution in [3.05, 3.63) is 23.5 Å². The number of nitrogens with zero attached hydrogens (tertiary/aromatic N) is 2. The van der Waals surface area contributed by atoms with E-state index >= 15 is 0 Å². The third-order valence-electron chi connectivity index (χ3n) is 3.11. The summed E-state index contributed by atoms with van der Waals surface area (Å²) in [5.41, 5.74) is 3.88. The maximum absolute atomic E-state index is 5.64. The van der Waals surface area contributed by atoms with Crippen LogP contribution in [-0.2, 0) is 11.2 Å². The van der Waals surface area contributed by atoms with Gasteiger partial charge in [-0.1, -0.05) is 13.8 Å². The van der Waals surface area contributed by atoms with Crippen molar-refractivity contribution >= 4 is 16.3 Å². The third kappa shape index (κ3) is 2.72. The van der Waals surface area contributed by atoms with Crippen molar-refractivity contribution in [1.29, 1.82) is 0 Å². The molecule has 2 aromatic rings. The van der Waals surface area contributed by atoms with E-state index in [9.17, 15) is 0 Å². The summed E-state index contributed by atoms with van der Waals surface area (Å²) in [7, 11) is 1.72. The largest absolute Gasteiger partial charge is 0.380 e. The Hall–Kier alpha value is -0.950. The zero-order valence-corrected chi connectivity index (χ0v) is 11.8. The highest BCUT2D eigenvalue weighted by atomic mass is 32.1. The van der Waals surface area contributed by atoms with Gasteiger partial charge in [-0.25, -0.2) is 4.98 Å². The molecule has 0 amide bonds. The first-order valence-electron chi connectivity index (χ1n) is 6.05. The molecule has 0 radical (unpaired) electrons. The molecule has 0 aliphatic heterocycles. The van der Waals surface area contributed by atoms with Crippen molar-refractivity contribution in [3.63, 3.8) is 0 Å². The van der Waals surface area contributed by atoms with Crippen LogP contribution in [0.3, 0.4) is 0 Å². The third-order valence-corrected chi connectivity index (χ3v) is 3.88. The number of thiazole rings is 1. The quantitative estimate of drug-likeness (QED) is 0.614. The lowest BCUT2D eigenvalue weighted by molar-refractivity contribution is 0.0330. The van der Waals surface area contributed by atoms with Crippen LogP contribution in [0.4, 0.5) is 0 Å². The van der Waals surface area contributed by atoms with Crippen LogP contribution in [0.5, 0.6) is 0 Å². The SMILES string of the molecule is COC(C(C)C)C(Cc1cn2ccsc2n1)NN. The van der Waals surface area contributed by atoms with Crippen LogP contribution in [0.25, 0.3) is 4.96 Å². The molecule has 5 nitrogen and oxygen atoms in total. The van der Waals surface area contributed by atoms with Crippen LogP contribution in [0.15, 0.2) is 17.8 Å². The number of rotatable bonds is 6. The number of hydrogen-bond donors (Lipinski definition) is 2. The molecular formula is C12H20N4OS. The van der Waals surface area contributed by atoms with Gasteiger partial charge in [0, 0.05) is 31.3 Å². The molecule has 6 heteroatoms. The predicted molar refractivity (Wildman–Crippen MR) is 73.5 cm³/mol. The van der Waals surface area contributed by atoms with Crippen LogP contribution in [0.2, 0.25) is 0 Å². The Morgan fingerprint density at radius 1 is 1.56 bits per heavy atom. The number of hydrogen-bond acceptors (Lipinski definition) is 5. The minimum absolute atomic E-state index is 0.0691. The van der Waals surface area contributed by atoms with E-state index in [0.29, 0.717) is 5.92 Å². The standard InChI is InChI=1S/C12H20N4OS/c1-8(2)11(17-3)10(15-13)6-9-7-16-4-5-18-12(16)14-9/h4-5,7-8,10-11,15H,6,13H2,1-3H3. The van der Waals surface area contributed by atoms with Gasteiger partial charge in [0.2, 0.25) is 0 Å². The van der Waals surface area contributed by atoms with E-state index in [0.717, 1.165) is 17.1 Å². The Kier molecular flexibility index (Phi) is 4.34. The smallest absolute Gasteiger partial charge is 0.193 e. The van der Waals surface area contributed by atoms with Crippen molar-refractivity contribution in [1.82, 2.24) is 14.8 Å². The second kappa shape index (κ2) is 5.79. The van der Waals surface area contributed by atoms with E-state index in [1.54, 1.807) is 18.4 Å². The zero-order valence-electron chi connectivity index (χ0n) is 11.0. The lowest BCUT2D eigenvalue weighted by Gasteiger charge is -2.27. The molecule has 3 N–H and O–H groups in total. The Morgan fingerprint density at radius 2 is 2.33 bits per heavy atom. The number of fused-ring (bicyclic) bond motifs is 1. The number of nitrogens with one attached hydrogen (secondary N) is 1. The van der Waals surface area contributed by atoms with Crippen molar-refractivity contribution in [2.45, 2.75) is 32.4 Å². The van der Waals surface area contributed by atoms with Crippen LogP contribution in [0, 0.1) is 5.92 Å². The summed E-state index contributed by atoms with van der Waals surface area (Å²) in [4.78, 5) is 5.58.